The Labute approximate surface area is 251 Å². The molecule has 214 valence electrons. The number of carbonyl (C=O) groups is 2. The summed E-state index contributed by atoms with van der Waals surface area (Å²) >= 11 is 25.2. The van der Waals surface area contributed by atoms with Gasteiger partial charge in [0.25, 0.3) is 0 Å². The van der Waals surface area contributed by atoms with E-state index in [9.17, 15) is 14.7 Å². The molecule has 8 nitrogen and oxygen atoms in total. The van der Waals surface area contributed by atoms with Crippen molar-refractivity contribution in [2.24, 2.45) is 0 Å². The highest BCUT2D eigenvalue weighted by Crippen LogP contribution is 2.37. The van der Waals surface area contributed by atoms with Crippen molar-refractivity contribution >= 4 is 69.7 Å². The molecule has 0 aliphatic heterocycles. The SMILES string of the molecule is O=C(O)CCc1cc(Cl)c(OCCOCCCCOc2c(Cl)cc(Nc3ccccc3C(=O)O)cc2Cl)c(Cl)c1. The van der Waals surface area contributed by atoms with Crippen LogP contribution >= 0.6 is 46.4 Å². The molecule has 0 radical (unpaired) electrons. The summed E-state index contributed by atoms with van der Waals surface area (Å²) in [6.07, 6.45) is 1.73. The number of halogens is 4. The predicted octanol–water partition coefficient (Wildman–Crippen LogP) is 8.01. The molecule has 0 heterocycles. The Hall–Kier alpha value is -2.88. The Morgan fingerprint density at radius 3 is 1.95 bits per heavy atom. The van der Waals surface area contributed by atoms with E-state index in [0.29, 0.717) is 75.6 Å². The number of benzene rings is 3. The molecule has 0 atom stereocenters. The zero-order chi connectivity index (χ0) is 29.1. The van der Waals surface area contributed by atoms with Crippen molar-refractivity contribution in [3.8, 4) is 11.5 Å². The Morgan fingerprint density at radius 2 is 1.32 bits per heavy atom. The number of para-hydroxylation sites is 1. The van der Waals surface area contributed by atoms with Gasteiger partial charge in [0.1, 0.15) is 6.61 Å². The lowest BCUT2D eigenvalue weighted by atomic mass is 10.1. The number of unbranched alkanes of at least 4 members (excludes halogenated alkanes) is 1. The van der Waals surface area contributed by atoms with Crippen LogP contribution in [-0.4, -0.2) is 48.6 Å². The molecule has 0 saturated carbocycles. The number of hydrogen-bond acceptors (Lipinski definition) is 6. The van der Waals surface area contributed by atoms with Gasteiger partial charge in [-0.05, 0) is 61.2 Å². The van der Waals surface area contributed by atoms with Gasteiger partial charge in [-0.3, -0.25) is 4.79 Å². The second-order valence-corrected chi connectivity index (χ2v) is 10.2. The topological polar surface area (TPSA) is 114 Å². The van der Waals surface area contributed by atoms with Gasteiger partial charge in [0.05, 0.1) is 44.6 Å². The summed E-state index contributed by atoms with van der Waals surface area (Å²) in [6.45, 7) is 1.42. The molecule has 0 bridgehead atoms. The number of carboxylic acids is 2. The van der Waals surface area contributed by atoms with Crippen molar-refractivity contribution in [3.05, 3.63) is 79.7 Å². The van der Waals surface area contributed by atoms with Crippen LogP contribution < -0.4 is 14.8 Å². The Balaban J connectivity index is 1.36. The fourth-order valence-corrected chi connectivity index (χ4v) is 4.87. The number of rotatable bonds is 16. The van der Waals surface area contributed by atoms with Gasteiger partial charge in [-0.2, -0.15) is 0 Å². The van der Waals surface area contributed by atoms with Crippen LogP contribution in [0.5, 0.6) is 11.5 Å². The number of hydrogen-bond donors (Lipinski definition) is 3. The van der Waals surface area contributed by atoms with Crippen molar-refractivity contribution in [2.45, 2.75) is 25.7 Å². The molecular weight excluding hydrogens is 604 g/mol. The summed E-state index contributed by atoms with van der Waals surface area (Å²) in [6, 6.07) is 13.0. The van der Waals surface area contributed by atoms with Crippen LogP contribution in [0.4, 0.5) is 11.4 Å². The second-order valence-electron chi connectivity index (χ2n) is 8.54. The second kappa shape index (κ2) is 15.8. The minimum absolute atomic E-state index is 0.0127. The van der Waals surface area contributed by atoms with Gasteiger partial charge in [0, 0.05) is 18.7 Å². The van der Waals surface area contributed by atoms with E-state index in [1.54, 1.807) is 42.5 Å². The number of aryl methyl sites for hydroxylation is 1. The van der Waals surface area contributed by atoms with Crippen LogP contribution in [0.25, 0.3) is 0 Å². The highest BCUT2D eigenvalue weighted by molar-refractivity contribution is 6.38. The van der Waals surface area contributed by atoms with Crippen LogP contribution in [0.1, 0.15) is 35.2 Å². The van der Waals surface area contributed by atoms with E-state index in [-0.39, 0.29) is 18.6 Å². The quantitative estimate of drug-likeness (QED) is 0.136. The van der Waals surface area contributed by atoms with Crippen LogP contribution in [0.3, 0.4) is 0 Å². The molecular formula is C28H27Cl4NO7. The molecule has 0 aromatic heterocycles. The highest BCUT2D eigenvalue weighted by atomic mass is 35.5. The Morgan fingerprint density at radius 1 is 0.750 bits per heavy atom. The van der Waals surface area contributed by atoms with Gasteiger partial charge in [-0.1, -0.05) is 58.5 Å². The van der Waals surface area contributed by atoms with Crippen molar-refractivity contribution in [2.75, 3.05) is 31.7 Å². The van der Waals surface area contributed by atoms with Gasteiger partial charge < -0.3 is 29.7 Å². The molecule has 12 heteroatoms. The lowest BCUT2D eigenvalue weighted by Gasteiger charge is -2.14. The summed E-state index contributed by atoms with van der Waals surface area (Å²) in [5.41, 5.74) is 1.79. The van der Waals surface area contributed by atoms with Crippen LogP contribution in [0, 0.1) is 0 Å². The molecule has 0 fully saturated rings. The lowest BCUT2D eigenvalue weighted by molar-refractivity contribution is -0.136. The average Bonchev–Trinajstić information content (AvgIpc) is 2.89. The maximum atomic E-state index is 11.4. The molecule has 0 spiro atoms. The first-order chi connectivity index (χ1) is 19.2. The van der Waals surface area contributed by atoms with Crippen molar-refractivity contribution in [1.82, 2.24) is 0 Å². The molecule has 0 aliphatic carbocycles. The maximum absolute atomic E-state index is 11.4. The molecule has 3 N–H and O–H groups in total. The maximum Gasteiger partial charge on any atom is 0.337 e. The van der Waals surface area contributed by atoms with E-state index in [4.69, 9.17) is 65.7 Å². The molecule has 3 rings (SSSR count). The van der Waals surface area contributed by atoms with Crippen LogP contribution in [0.15, 0.2) is 48.5 Å². The third kappa shape index (κ3) is 9.64. The number of ether oxygens (including phenoxy) is 3. The summed E-state index contributed by atoms with van der Waals surface area (Å²) in [4.78, 5) is 22.2. The van der Waals surface area contributed by atoms with E-state index < -0.39 is 11.9 Å². The van der Waals surface area contributed by atoms with Gasteiger partial charge >= 0.3 is 11.9 Å². The summed E-state index contributed by atoms with van der Waals surface area (Å²) < 4.78 is 17.0. The molecule has 3 aromatic rings. The van der Waals surface area contributed by atoms with Crippen molar-refractivity contribution < 1.29 is 34.0 Å². The van der Waals surface area contributed by atoms with Gasteiger partial charge in [-0.25, -0.2) is 4.79 Å². The molecule has 0 unspecified atom stereocenters. The van der Waals surface area contributed by atoms with E-state index in [0.717, 1.165) is 12.0 Å². The normalized spacial score (nSPS) is 10.8. The lowest BCUT2D eigenvalue weighted by Crippen LogP contribution is -2.09. The first-order valence-electron chi connectivity index (χ1n) is 12.3. The fourth-order valence-electron chi connectivity index (χ4n) is 3.64. The monoisotopic (exact) mass is 629 g/mol. The van der Waals surface area contributed by atoms with E-state index in [1.165, 1.54) is 6.07 Å². The summed E-state index contributed by atoms with van der Waals surface area (Å²) in [5.74, 6) is -1.27. The van der Waals surface area contributed by atoms with E-state index in [1.807, 2.05) is 0 Å². The van der Waals surface area contributed by atoms with Crippen LogP contribution in [0.2, 0.25) is 20.1 Å². The smallest absolute Gasteiger partial charge is 0.337 e. The van der Waals surface area contributed by atoms with E-state index >= 15 is 0 Å². The standard InChI is InChI=1S/C28H27Cl4NO7/c29-20-13-17(7-8-25(34)35)14-21(30)26(20)40-12-11-38-9-3-4-10-39-27-22(31)15-18(16-23(27)32)33-24-6-2-1-5-19(24)28(36)37/h1-2,5-6,13-16,33H,3-4,7-12H2,(H,34,35)(H,36,37). The van der Waals surface area contributed by atoms with Gasteiger partial charge in [-0.15, -0.1) is 0 Å². The summed E-state index contributed by atoms with van der Waals surface area (Å²) in [7, 11) is 0. The molecule has 0 amide bonds. The molecule has 0 aliphatic rings. The third-order valence-electron chi connectivity index (χ3n) is 5.52. The zero-order valence-corrected chi connectivity index (χ0v) is 24.2. The van der Waals surface area contributed by atoms with Gasteiger partial charge in [0.15, 0.2) is 11.5 Å². The molecule has 0 saturated heterocycles. The highest BCUT2D eigenvalue weighted by Gasteiger charge is 2.14. The average molecular weight is 631 g/mol. The van der Waals surface area contributed by atoms with Crippen molar-refractivity contribution in [1.29, 1.82) is 0 Å². The van der Waals surface area contributed by atoms with Crippen LogP contribution in [-0.2, 0) is 16.0 Å². The largest absolute Gasteiger partial charge is 0.490 e. The number of carboxylic acid groups (broad SMARTS) is 2. The first kappa shape index (κ1) is 31.6. The van der Waals surface area contributed by atoms with Gasteiger partial charge in [0.2, 0.25) is 0 Å². The predicted molar refractivity (Wildman–Crippen MR) is 157 cm³/mol. The molecule has 40 heavy (non-hydrogen) atoms. The van der Waals surface area contributed by atoms with E-state index in [2.05, 4.69) is 5.32 Å². The minimum Gasteiger partial charge on any atom is -0.490 e. The number of nitrogens with one attached hydrogen (secondary N) is 1. The number of aliphatic carboxylic acids is 1. The Bertz CT molecular complexity index is 1290. The molecule has 3 aromatic carbocycles. The zero-order valence-electron chi connectivity index (χ0n) is 21.2. The number of aromatic carboxylic acids is 1. The third-order valence-corrected chi connectivity index (χ3v) is 6.65. The fraction of sp³-hybridized carbons (Fsp3) is 0.286. The first-order valence-corrected chi connectivity index (χ1v) is 13.8. The minimum atomic E-state index is -1.05. The Kier molecular flexibility index (Phi) is 12.5. The van der Waals surface area contributed by atoms with Crippen molar-refractivity contribution in [3.63, 3.8) is 0 Å². The number of anilines is 2. The summed E-state index contributed by atoms with van der Waals surface area (Å²) in [5, 5.41) is 22.4.